The summed E-state index contributed by atoms with van der Waals surface area (Å²) in [5, 5.41) is 9.42. The third-order valence-electron chi connectivity index (χ3n) is 3.53. The van der Waals surface area contributed by atoms with Gasteiger partial charge >= 0.3 is 0 Å². The zero-order chi connectivity index (χ0) is 15.7. The lowest BCUT2D eigenvalue weighted by Crippen LogP contribution is -2.58. The van der Waals surface area contributed by atoms with Gasteiger partial charge in [-0.15, -0.1) is 0 Å². The van der Waals surface area contributed by atoms with Gasteiger partial charge in [0.1, 0.15) is 5.75 Å². The van der Waals surface area contributed by atoms with Crippen LogP contribution in [0.15, 0.2) is 36.7 Å². The molecule has 0 unspecified atom stereocenters. The molecular formula is C15H16N4O3. The molecule has 7 heteroatoms. The van der Waals surface area contributed by atoms with Crippen molar-refractivity contribution in [2.75, 3.05) is 5.32 Å². The van der Waals surface area contributed by atoms with Crippen molar-refractivity contribution in [1.82, 2.24) is 15.1 Å². The van der Waals surface area contributed by atoms with Crippen LogP contribution in [0.4, 0.5) is 5.69 Å². The quantitative estimate of drug-likeness (QED) is 0.822. The highest BCUT2D eigenvalue weighted by atomic mass is 16.5. The number of carbonyl (C=O) groups excluding carboxylic acids is 2. The maximum Gasteiger partial charge on any atom is 0.278 e. The molecule has 1 aliphatic heterocycles. The van der Waals surface area contributed by atoms with Crippen LogP contribution < -0.4 is 15.4 Å². The maximum absolute atomic E-state index is 12.4. The van der Waals surface area contributed by atoms with E-state index in [1.54, 1.807) is 48.4 Å². The van der Waals surface area contributed by atoms with Gasteiger partial charge in [0, 0.05) is 25.4 Å². The summed E-state index contributed by atoms with van der Waals surface area (Å²) in [6, 6.07) is 7.00. The lowest BCUT2D eigenvalue weighted by atomic mass is 10.0. The van der Waals surface area contributed by atoms with Crippen molar-refractivity contribution in [1.29, 1.82) is 0 Å². The number of anilines is 1. The molecule has 7 nitrogen and oxygen atoms in total. The van der Waals surface area contributed by atoms with Gasteiger partial charge in [-0.1, -0.05) is 12.1 Å². The van der Waals surface area contributed by atoms with E-state index in [0.29, 0.717) is 11.4 Å². The second kappa shape index (κ2) is 5.18. The van der Waals surface area contributed by atoms with E-state index in [1.165, 1.54) is 6.92 Å². The molecule has 0 radical (unpaired) electrons. The number of para-hydroxylation sites is 2. The number of rotatable bonds is 3. The molecule has 0 bridgehead atoms. The Morgan fingerprint density at radius 2 is 2.23 bits per heavy atom. The minimum atomic E-state index is -1.60. The molecule has 2 N–H and O–H groups in total. The molecule has 22 heavy (non-hydrogen) atoms. The fraction of sp³-hybridized carbons (Fsp3) is 0.267. The van der Waals surface area contributed by atoms with Gasteiger partial charge in [-0.25, -0.2) is 0 Å². The molecular weight excluding hydrogens is 284 g/mol. The summed E-state index contributed by atoms with van der Waals surface area (Å²) in [4.78, 5) is 24.6. The van der Waals surface area contributed by atoms with Crippen molar-refractivity contribution in [3.05, 3.63) is 42.2 Å². The molecule has 1 aliphatic rings. The molecule has 3 rings (SSSR count). The Morgan fingerprint density at radius 1 is 1.45 bits per heavy atom. The maximum atomic E-state index is 12.4. The van der Waals surface area contributed by atoms with E-state index in [2.05, 4.69) is 15.7 Å². The number of hydrogen-bond donors (Lipinski definition) is 2. The number of nitrogens with one attached hydrogen (secondary N) is 2. The molecule has 1 aromatic carbocycles. The van der Waals surface area contributed by atoms with Crippen LogP contribution in [0.3, 0.4) is 0 Å². The summed E-state index contributed by atoms with van der Waals surface area (Å²) in [5.74, 6) is -0.514. The van der Waals surface area contributed by atoms with Crippen molar-refractivity contribution in [3.8, 4) is 5.75 Å². The fourth-order valence-electron chi connectivity index (χ4n) is 2.23. The van der Waals surface area contributed by atoms with E-state index in [4.69, 9.17) is 4.74 Å². The van der Waals surface area contributed by atoms with Crippen LogP contribution in [-0.4, -0.2) is 27.2 Å². The largest absolute Gasteiger partial charge is 0.466 e. The van der Waals surface area contributed by atoms with Crippen LogP contribution >= 0.6 is 0 Å². The molecule has 0 spiro atoms. The first-order valence-corrected chi connectivity index (χ1v) is 6.84. The second-order valence-corrected chi connectivity index (χ2v) is 5.29. The molecule has 1 atom stereocenters. The third kappa shape index (κ3) is 2.41. The van der Waals surface area contributed by atoms with Crippen molar-refractivity contribution in [3.63, 3.8) is 0 Å². The highest BCUT2D eigenvalue weighted by Crippen LogP contribution is 2.33. The van der Waals surface area contributed by atoms with Crippen LogP contribution in [0.1, 0.15) is 12.5 Å². The van der Waals surface area contributed by atoms with Crippen LogP contribution in [0.5, 0.6) is 5.75 Å². The molecule has 2 aromatic rings. The molecule has 114 valence electrons. The molecule has 0 saturated carbocycles. The highest BCUT2D eigenvalue weighted by molar-refractivity contribution is 6.15. The second-order valence-electron chi connectivity index (χ2n) is 5.29. The Hall–Kier alpha value is -2.83. The summed E-state index contributed by atoms with van der Waals surface area (Å²) in [7, 11) is 1.79. The van der Waals surface area contributed by atoms with Gasteiger partial charge in [-0.2, -0.15) is 5.10 Å². The lowest BCUT2D eigenvalue weighted by Gasteiger charge is -2.33. The molecule has 2 amide bonds. The Kier molecular flexibility index (Phi) is 3.32. The summed E-state index contributed by atoms with van der Waals surface area (Å²) in [6.45, 7) is 1.73. The highest BCUT2D eigenvalue weighted by Gasteiger charge is 2.47. The van der Waals surface area contributed by atoms with Crippen LogP contribution in [0.2, 0.25) is 0 Å². The Labute approximate surface area is 127 Å². The number of nitrogens with zero attached hydrogens (tertiary/aromatic N) is 2. The van der Waals surface area contributed by atoms with E-state index >= 15 is 0 Å². The van der Waals surface area contributed by atoms with Gasteiger partial charge < -0.3 is 15.4 Å². The van der Waals surface area contributed by atoms with Crippen molar-refractivity contribution in [2.24, 2.45) is 7.05 Å². The van der Waals surface area contributed by atoms with Gasteiger partial charge in [0.15, 0.2) is 0 Å². The SMILES string of the molecule is Cn1cc(CNC(=O)[C@]2(C)Oc3ccccc3NC2=O)cn1. The molecule has 0 aliphatic carbocycles. The van der Waals surface area contributed by atoms with E-state index in [9.17, 15) is 9.59 Å². The lowest BCUT2D eigenvalue weighted by molar-refractivity contribution is -0.146. The Morgan fingerprint density at radius 3 is 2.95 bits per heavy atom. The topological polar surface area (TPSA) is 85.3 Å². The number of benzene rings is 1. The molecule has 0 fully saturated rings. The van der Waals surface area contributed by atoms with Gasteiger partial charge in [0.25, 0.3) is 17.4 Å². The first kappa shape index (κ1) is 14.1. The van der Waals surface area contributed by atoms with E-state index in [-0.39, 0.29) is 6.54 Å². The molecule has 1 aromatic heterocycles. The third-order valence-corrected chi connectivity index (χ3v) is 3.53. The number of aromatic nitrogens is 2. The summed E-state index contributed by atoms with van der Waals surface area (Å²) >= 11 is 0. The first-order valence-electron chi connectivity index (χ1n) is 6.84. The average molecular weight is 300 g/mol. The number of carbonyl (C=O) groups is 2. The van der Waals surface area contributed by atoms with Crippen molar-refractivity contribution >= 4 is 17.5 Å². The Bertz CT molecular complexity index is 740. The average Bonchev–Trinajstić information content (AvgIpc) is 2.91. The van der Waals surface area contributed by atoms with Crippen molar-refractivity contribution < 1.29 is 14.3 Å². The van der Waals surface area contributed by atoms with Gasteiger partial charge in [-0.05, 0) is 19.1 Å². The molecule has 2 heterocycles. The minimum Gasteiger partial charge on any atom is -0.466 e. The molecule has 0 saturated heterocycles. The smallest absolute Gasteiger partial charge is 0.278 e. The number of ether oxygens (including phenoxy) is 1. The summed E-state index contributed by atoms with van der Waals surface area (Å²) < 4.78 is 7.28. The number of hydrogen-bond acceptors (Lipinski definition) is 4. The zero-order valence-corrected chi connectivity index (χ0v) is 12.3. The summed E-state index contributed by atoms with van der Waals surface area (Å²) in [5.41, 5.74) is -0.197. The van der Waals surface area contributed by atoms with Crippen LogP contribution in [0, 0.1) is 0 Å². The van der Waals surface area contributed by atoms with E-state index in [1.807, 2.05) is 0 Å². The van der Waals surface area contributed by atoms with Crippen LogP contribution in [0.25, 0.3) is 0 Å². The standard InChI is InChI=1S/C15H16N4O3/c1-15(13(20)16-7-10-8-17-19(2)9-10)14(21)18-11-5-3-4-6-12(11)22-15/h3-6,8-9H,7H2,1-2H3,(H,16,20)(H,18,21)/t15-/m0/s1. The van der Waals surface area contributed by atoms with Gasteiger partial charge in [0.2, 0.25) is 0 Å². The van der Waals surface area contributed by atoms with E-state index in [0.717, 1.165) is 5.56 Å². The van der Waals surface area contributed by atoms with E-state index < -0.39 is 17.4 Å². The predicted octanol–water partition coefficient (Wildman–Crippen LogP) is 0.826. The van der Waals surface area contributed by atoms with Gasteiger partial charge in [-0.3, -0.25) is 14.3 Å². The fourth-order valence-corrected chi connectivity index (χ4v) is 2.23. The predicted molar refractivity (Wildman–Crippen MR) is 79.2 cm³/mol. The summed E-state index contributed by atoms with van der Waals surface area (Å²) in [6.07, 6.45) is 3.44. The first-order chi connectivity index (χ1) is 10.5. The van der Waals surface area contributed by atoms with Crippen molar-refractivity contribution in [2.45, 2.75) is 19.1 Å². The Balaban J connectivity index is 1.75. The van der Waals surface area contributed by atoms with Crippen LogP contribution in [-0.2, 0) is 23.2 Å². The number of amides is 2. The monoisotopic (exact) mass is 300 g/mol. The minimum absolute atomic E-state index is 0.278. The normalized spacial score (nSPS) is 19.8. The number of aryl methyl sites for hydroxylation is 1. The zero-order valence-electron chi connectivity index (χ0n) is 12.3. The van der Waals surface area contributed by atoms with Gasteiger partial charge in [0.05, 0.1) is 11.9 Å². The number of fused-ring (bicyclic) bond motifs is 1.